The Balaban J connectivity index is 2.24. The van der Waals surface area contributed by atoms with Gasteiger partial charge >= 0.3 is 5.97 Å². The predicted molar refractivity (Wildman–Crippen MR) is 82.2 cm³/mol. The third kappa shape index (κ3) is 3.54. The van der Waals surface area contributed by atoms with E-state index in [-0.39, 0.29) is 29.1 Å². The van der Waals surface area contributed by atoms with Gasteiger partial charge in [0.2, 0.25) is 5.76 Å². The van der Waals surface area contributed by atoms with Crippen LogP contribution in [0, 0.1) is 5.41 Å². The number of halogens is 1. The summed E-state index contributed by atoms with van der Waals surface area (Å²) in [6.07, 6.45) is 0. The van der Waals surface area contributed by atoms with Crippen LogP contribution in [-0.4, -0.2) is 18.4 Å². The highest BCUT2D eigenvalue weighted by Crippen LogP contribution is 2.18. The Hall–Kier alpha value is -2.14. The molecule has 2 aromatic rings. The van der Waals surface area contributed by atoms with E-state index in [1.165, 1.54) is 12.1 Å². The van der Waals surface area contributed by atoms with Crippen LogP contribution in [0.4, 0.5) is 0 Å². The summed E-state index contributed by atoms with van der Waals surface area (Å²) in [5.74, 6) is -1.33. The number of carbonyl (C=O) groups excluding carboxylic acids is 2. The molecule has 0 N–H and O–H groups in total. The topological polar surface area (TPSA) is 73.6 Å². The van der Waals surface area contributed by atoms with E-state index in [0.29, 0.717) is 5.02 Å². The van der Waals surface area contributed by atoms with Gasteiger partial charge in [0.15, 0.2) is 17.8 Å². The molecule has 0 aliphatic carbocycles. The standard InChI is InChI=1S/C16H15ClO5/c1-16(2,3)14(19)8-21-15(20)13-7-11(18)10-6-9(17)4-5-12(10)22-13/h4-7H,8H2,1-3H3. The second-order valence-corrected chi connectivity index (χ2v) is 6.30. The van der Waals surface area contributed by atoms with Crippen molar-refractivity contribution < 1.29 is 18.7 Å². The van der Waals surface area contributed by atoms with E-state index in [4.69, 9.17) is 20.8 Å². The van der Waals surface area contributed by atoms with Gasteiger partial charge in [-0.3, -0.25) is 9.59 Å². The molecule has 1 aromatic heterocycles. The first-order valence-corrected chi connectivity index (χ1v) is 7.00. The Labute approximate surface area is 131 Å². The molecule has 0 atom stereocenters. The zero-order chi connectivity index (χ0) is 16.5. The van der Waals surface area contributed by atoms with Gasteiger partial charge in [0.05, 0.1) is 5.39 Å². The lowest BCUT2D eigenvalue weighted by Gasteiger charge is -2.15. The second kappa shape index (κ2) is 5.93. The molecule has 0 spiro atoms. The molecule has 0 fully saturated rings. The largest absolute Gasteiger partial charge is 0.452 e. The lowest BCUT2D eigenvalue weighted by atomic mass is 9.91. The van der Waals surface area contributed by atoms with Gasteiger partial charge in [-0.15, -0.1) is 0 Å². The molecule has 5 nitrogen and oxygen atoms in total. The summed E-state index contributed by atoms with van der Waals surface area (Å²) in [4.78, 5) is 35.6. The summed E-state index contributed by atoms with van der Waals surface area (Å²) >= 11 is 5.81. The minimum absolute atomic E-state index is 0.226. The van der Waals surface area contributed by atoms with Crippen molar-refractivity contribution in [2.75, 3.05) is 6.61 Å². The van der Waals surface area contributed by atoms with Crippen molar-refractivity contribution >= 4 is 34.3 Å². The zero-order valence-corrected chi connectivity index (χ0v) is 13.2. The Morgan fingerprint density at radius 2 is 1.91 bits per heavy atom. The lowest BCUT2D eigenvalue weighted by molar-refractivity contribution is -0.129. The van der Waals surface area contributed by atoms with Gasteiger partial charge < -0.3 is 9.15 Å². The van der Waals surface area contributed by atoms with Gasteiger partial charge in [-0.1, -0.05) is 32.4 Å². The van der Waals surface area contributed by atoms with Crippen LogP contribution in [0.1, 0.15) is 31.3 Å². The first kappa shape index (κ1) is 16.2. The summed E-state index contributed by atoms with van der Waals surface area (Å²) in [7, 11) is 0. The lowest BCUT2D eigenvalue weighted by Crippen LogP contribution is -2.26. The van der Waals surface area contributed by atoms with Gasteiger partial charge in [-0.25, -0.2) is 4.79 Å². The van der Waals surface area contributed by atoms with Crippen molar-refractivity contribution in [1.29, 1.82) is 0 Å². The van der Waals surface area contributed by atoms with Crippen molar-refractivity contribution in [2.45, 2.75) is 20.8 Å². The maximum absolute atomic E-state index is 12.0. The highest BCUT2D eigenvalue weighted by molar-refractivity contribution is 6.31. The molecular weight excluding hydrogens is 308 g/mol. The van der Waals surface area contributed by atoms with Crippen molar-refractivity contribution in [1.82, 2.24) is 0 Å². The predicted octanol–water partition coefficient (Wildman–Crippen LogP) is 3.22. The van der Waals surface area contributed by atoms with Gasteiger partial charge in [0.1, 0.15) is 5.58 Å². The molecule has 22 heavy (non-hydrogen) atoms. The van der Waals surface area contributed by atoms with Crippen LogP contribution in [0.15, 0.2) is 33.5 Å². The summed E-state index contributed by atoms with van der Waals surface area (Å²) in [5.41, 5.74) is -0.787. The first-order valence-electron chi connectivity index (χ1n) is 6.62. The number of fused-ring (bicyclic) bond motifs is 1. The molecule has 1 aromatic carbocycles. The average molecular weight is 323 g/mol. The summed E-state index contributed by atoms with van der Waals surface area (Å²) in [5, 5.41) is 0.667. The van der Waals surface area contributed by atoms with Crippen LogP contribution in [0.2, 0.25) is 5.02 Å². The van der Waals surface area contributed by atoms with Crippen LogP contribution in [-0.2, 0) is 9.53 Å². The molecule has 0 saturated carbocycles. The fourth-order valence-corrected chi connectivity index (χ4v) is 1.82. The van der Waals surface area contributed by atoms with Crippen LogP contribution in [0.5, 0.6) is 0 Å². The first-order chi connectivity index (χ1) is 10.2. The van der Waals surface area contributed by atoms with E-state index in [0.717, 1.165) is 6.07 Å². The number of hydrogen-bond acceptors (Lipinski definition) is 5. The van der Waals surface area contributed by atoms with Gasteiger partial charge in [0.25, 0.3) is 0 Å². The van der Waals surface area contributed by atoms with E-state index >= 15 is 0 Å². The average Bonchev–Trinajstić information content (AvgIpc) is 2.43. The van der Waals surface area contributed by atoms with Crippen LogP contribution < -0.4 is 5.43 Å². The van der Waals surface area contributed by atoms with Gasteiger partial charge in [-0.2, -0.15) is 0 Å². The Bertz CT molecular complexity index is 798. The Kier molecular flexibility index (Phi) is 4.37. The van der Waals surface area contributed by atoms with Crippen molar-refractivity contribution in [3.63, 3.8) is 0 Å². The number of ketones is 1. The minimum atomic E-state index is -0.855. The molecule has 0 amide bonds. The van der Waals surface area contributed by atoms with Crippen molar-refractivity contribution in [2.24, 2.45) is 5.41 Å². The third-order valence-electron chi connectivity index (χ3n) is 3.06. The molecular formula is C16H15ClO5. The number of benzene rings is 1. The molecule has 6 heteroatoms. The van der Waals surface area contributed by atoms with Crippen LogP contribution in [0.3, 0.4) is 0 Å². The third-order valence-corrected chi connectivity index (χ3v) is 3.30. The van der Waals surface area contributed by atoms with Gasteiger partial charge in [-0.05, 0) is 18.2 Å². The van der Waals surface area contributed by atoms with Crippen molar-refractivity contribution in [3.05, 3.63) is 45.3 Å². The number of hydrogen-bond donors (Lipinski definition) is 0. The van der Waals surface area contributed by atoms with E-state index in [2.05, 4.69) is 0 Å². The number of ether oxygens (including phenoxy) is 1. The minimum Gasteiger partial charge on any atom is -0.452 e. The molecule has 2 rings (SSSR count). The summed E-state index contributed by atoms with van der Waals surface area (Å²) < 4.78 is 10.2. The fourth-order valence-electron chi connectivity index (χ4n) is 1.65. The van der Waals surface area contributed by atoms with E-state index in [1.54, 1.807) is 26.8 Å². The van der Waals surface area contributed by atoms with E-state index in [1.807, 2.05) is 0 Å². The smallest absolute Gasteiger partial charge is 0.374 e. The monoisotopic (exact) mass is 322 g/mol. The van der Waals surface area contributed by atoms with Gasteiger partial charge in [0, 0.05) is 16.5 Å². The molecule has 0 bridgehead atoms. The number of carbonyl (C=O) groups is 2. The van der Waals surface area contributed by atoms with E-state index in [9.17, 15) is 14.4 Å². The Morgan fingerprint density at radius 3 is 2.55 bits per heavy atom. The van der Waals surface area contributed by atoms with Crippen molar-refractivity contribution in [3.8, 4) is 0 Å². The maximum atomic E-state index is 12.0. The summed E-state index contributed by atoms with van der Waals surface area (Å²) in [6, 6.07) is 5.53. The normalized spacial score (nSPS) is 11.5. The molecule has 0 radical (unpaired) electrons. The van der Waals surface area contributed by atoms with Crippen LogP contribution in [0.25, 0.3) is 11.0 Å². The highest BCUT2D eigenvalue weighted by Gasteiger charge is 2.23. The molecule has 0 aliphatic rings. The highest BCUT2D eigenvalue weighted by atomic mass is 35.5. The maximum Gasteiger partial charge on any atom is 0.374 e. The second-order valence-electron chi connectivity index (χ2n) is 5.86. The SMILES string of the molecule is CC(C)(C)C(=O)COC(=O)c1cc(=O)c2cc(Cl)ccc2o1. The quantitative estimate of drug-likeness (QED) is 0.811. The fraction of sp³-hybridized carbons (Fsp3) is 0.312. The molecule has 0 saturated heterocycles. The molecule has 1 heterocycles. The zero-order valence-electron chi connectivity index (χ0n) is 12.4. The number of esters is 1. The molecule has 0 aliphatic heterocycles. The molecule has 116 valence electrons. The number of Topliss-reactive ketones (excluding diaryl/α,β-unsaturated/α-hetero) is 1. The van der Waals surface area contributed by atoms with E-state index < -0.39 is 16.8 Å². The molecule has 0 unspecified atom stereocenters. The Morgan fingerprint density at radius 1 is 1.23 bits per heavy atom. The summed E-state index contributed by atoms with van der Waals surface area (Å²) in [6.45, 7) is 4.81. The number of rotatable bonds is 3. The van der Waals surface area contributed by atoms with Crippen LogP contribution >= 0.6 is 11.6 Å².